The third-order valence-electron chi connectivity index (χ3n) is 3.81. The Bertz CT molecular complexity index is 580. The molecule has 154 valence electrons. The van der Waals surface area contributed by atoms with Crippen molar-refractivity contribution >= 4 is 29.6 Å². The van der Waals surface area contributed by atoms with E-state index in [0.717, 1.165) is 0 Å². The van der Waals surface area contributed by atoms with Crippen molar-refractivity contribution in [2.75, 3.05) is 0 Å². The van der Waals surface area contributed by atoms with Gasteiger partial charge in [0.05, 0.1) is 6.04 Å². The number of primary amides is 1. The molecular weight excluding hydrogens is 358 g/mol. The van der Waals surface area contributed by atoms with Gasteiger partial charge in [-0.1, -0.05) is 13.8 Å². The summed E-state index contributed by atoms with van der Waals surface area (Å²) in [6.45, 7) is 6.16. The minimum atomic E-state index is -1.26. The van der Waals surface area contributed by atoms with E-state index in [9.17, 15) is 24.0 Å². The van der Waals surface area contributed by atoms with Crippen molar-refractivity contribution < 1.29 is 29.1 Å². The number of carboxylic acids is 1. The van der Waals surface area contributed by atoms with Gasteiger partial charge in [0.15, 0.2) is 0 Å². The second-order valence-corrected chi connectivity index (χ2v) is 6.63. The van der Waals surface area contributed by atoms with Crippen molar-refractivity contribution in [2.45, 2.75) is 64.7 Å². The molecule has 8 N–H and O–H groups in total. The zero-order valence-electron chi connectivity index (χ0n) is 15.9. The largest absolute Gasteiger partial charge is 0.480 e. The molecule has 27 heavy (non-hydrogen) atoms. The van der Waals surface area contributed by atoms with E-state index in [-0.39, 0.29) is 18.8 Å². The van der Waals surface area contributed by atoms with Crippen LogP contribution in [0.25, 0.3) is 0 Å². The number of carboxylic acid groups (broad SMARTS) is 1. The Morgan fingerprint density at radius 1 is 0.852 bits per heavy atom. The molecule has 0 saturated heterocycles. The van der Waals surface area contributed by atoms with E-state index in [4.69, 9.17) is 16.6 Å². The van der Waals surface area contributed by atoms with E-state index < -0.39 is 53.8 Å². The van der Waals surface area contributed by atoms with Crippen molar-refractivity contribution in [1.29, 1.82) is 0 Å². The van der Waals surface area contributed by atoms with Crippen LogP contribution in [0.15, 0.2) is 0 Å². The first-order valence-electron chi connectivity index (χ1n) is 8.54. The summed E-state index contributed by atoms with van der Waals surface area (Å²) in [5, 5.41) is 15.9. The second kappa shape index (κ2) is 11.1. The summed E-state index contributed by atoms with van der Waals surface area (Å²) in [4.78, 5) is 58.2. The highest BCUT2D eigenvalue weighted by molar-refractivity contribution is 5.94. The lowest BCUT2D eigenvalue weighted by atomic mass is 10.0. The molecule has 11 nitrogen and oxygen atoms in total. The first-order chi connectivity index (χ1) is 12.4. The van der Waals surface area contributed by atoms with Crippen molar-refractivity contribution in [3.63, 3.8) is 0 Å². The lowest BCUT2D eigenvalue weighted by Crippen LogP contribution is -2.56. The van der Waals surface area contributed by atoms with Gasteiger partial charge in [-0.05, 0) is 26.2 Å². The molecule has 0 radical (unpaired) electrons. The molecule has 0 aromatic carbocycles. The fourth-order valence-corrected chi connectivity index (χ4v) is 1.91. The molecule has 0 aliphatic rings. The van der Waals surface area contributed by atoms with Gasteiger partial charge in [0, 0.05) is 6.42 Å². The number of hydrogen-bond acceptors (Lipinski definition) is 6. The van der Waals surface area contributed by atoms with Crippen LogP contribution in [0.5, 0.6) is 0 Å². The van der Waals surface area contributed by atoms with E-state index in [0.29, 0.717) is 0 Å². The number of rotatable bonds is 11. The smallest absolute Gasteiger partial charge is 0.325 e. The highest BCUT2D eigenvalue weighted by Crippen LogP contribution is 2.02. The summed E-state index contributed by atoms with van der Waals surface area (Å²) in [6, 6.07) is -4.18. The maximum atomic E-state index is 12.3. The molecule has 0 rings (SSSR count). The van der Waals surface area contributed by atoms with Crippen LogP contribution in [0.1, 0.15) is 40.5 Å². The maximum absolute atomic E-state index is 12.3. The standard InChI is InChI=1S/C16H29N5O6/c1-7(2)12(18)15(25)19-8(3)13(23)21-10(5-6-11(17)22)14(24)20-9(4)16(26)27/h7-10,12H,5-6,18H2,1-4H3,(H2,17,22)(H,19,25)(H,20,24)(H,21,23)(H,26,27). The minimum absolute atomic E-state index is 0.120. The average molecular weight is 387 g/mol. The van der Waals surface area contributed by atoms with E-state index in [2.05, 4.69) is 16.0 Å². The number of nitrogens with one attached hydrogen (secondary N) is 3. The molecule has 11 heteroatoms. The van der Waals surface area contributed by atoms with Gasteiger partial charge in [-0.25, -0.2) is 0 Å². The number of carbonyl (C=O) groups is 5. The zero-order chi connectivity index (χ0) is 21.3. The minimum Gasteiger partial charge on any atom is -0.480 e. The summed E-state index contributed by atoms with van der Waals surface area (Å²) in [5.74, 6) is -4.06. The first kappa shape index (κ1) is 24.3. The Morgan fingerprint density at radius 2 is 1.37 bits per heavy atom. The van der Waals surface area contributed by atoms with Crippen LogP contribution >= 0.6 is 0 Å². The number of nitrogens with two attached hydrogens (primary N) is 2. The molecule has 0 heterocycles. The van der Waals surface area contributed by atoms with Gasteiger partial charge in [0.1, 0.15) is 18.1 Å². The summed E-state index contributed by atoms with van der Waals surface area (Å²) in [7, 11) is 0. The van der Waals surface area contributed by atoms with Crippen molar-refractivity contribution in [2.24, 2.45) is 17.4 Å². The number of hydrogen-bond donors (Lipinski definition) is 6. The Morgan fingerprint density at radius 3 is 1.81 bits per heavy atom. The monoisotopic (exact) mass is 387 g/mol. The molecule has 0 spiro atoms. The molecule has 0 aliphatic heterocycles. The van der Waals surface area contributed by atoms with Crippen molar-refractivity contribution in [1.82, 2.24) is 16.0 Å². The van der Waals surface area contributed by atoms with Crippen molar-refractivity contribution in [3.8, 4) is 0 Å². The zero-order valence-corrected chi connectivity index (χ0v) is 15.9. The van der Waals surface area contributed by atoms with Gasteiger partial charge in [-0.15, -0.1) is 0 Å². The molecule has 4 amide bonds. The summed E-state index contributed by atoms with van der Waals surface area (Å²) < 4.78 is 0. The van der Waals surface area contributed by atoms with Crippen LogP contribution < -0.4 is 27.4 Å². The summed E-state index contributed by atoms with van der Waals surface area (Å²) >= 11 is 0. The van der Waals surface area contributed by atoms with Crippen LogP contribution in [-0.4, -0.2) is 58.9 Å². The molecule has 0 saturated carbocycles. The van der Waals surface area contributed by atoms with E-state index in [1.165, 1.54) is 13.8 Å². The number of amides is 4. The summed E-state index contributed by atoms with van der Waals surface area (Å²) in [6.07, 6.45) is -0.315. The van der Waals surface area contributed by atoms with E-state index in [1.54, 1.807) is 13.8 Å². The third kappa shape index (κ3) is 8.99. The predicted octanol–water partition coefficient (Wildman–Crippen LogP) is -2.19. The van der Waals surface area contributed by atoms with Crippen LogP contribution in [-0.2, 0) is 24.0 Å². The van der Waals surface area contributed by atoms with Gasteiger partial charge in [0.2, 0.25) is 23.6 Å². The highest BCUT2D eigenvalue weighted by atomic mass is 16.4. The lowest BCUT2D eigenvalue weighted by molar-refractivity contribution is -0.142. The van der Waals surface area contributed by atoms with Gasteiger partial charge < -0.3 is 32.5 Å². The van der Waals surface area contributed by atoms with E-state index >= 15 is 0 Å². The fraction of sp³-hybridized carbons (Fsp3) is 0.688. The van der Waals surface area contributed by atoms with Gasteiger partial charge in [-0.3, -0.25) is 24.0 Å². The van der Waals surface area contributed by atoms with Crippen LogP contribution in [0.4, 0.5) is 0 Å². The fourth-order valence-electron chi connectivity index (χ4n) is 1.91. The van der Waals surface area contributed by atoms with Gasteiger partial charge in [0.25, 0.3) is 0 Å². The Balaban J connectivity index is 4.99. The normalized spacial score (nSPS) is 15.2. The molecule has 0 aromatic rings. The summed E-state index contributed by atoms with van der Waals surface area (Å²) in [5.41, 5.74) is 10.8. The number of aliphatic carboxylic acids is 1. The molecule has 0 bridgehead atoms. The second-order valence-electron chi connectivity index (χ2n) is 6.63. The van der Waals surface area contributed by atoms with E-state index in [1.807, 2.05) is 0 Å². The predicted molar refractivity (Wildman–Crippen MR) is 96.0 cm³/mol. The number of carbonyl (C=O) groups excluding carboxylic acids is 4. The molecule has 0 aromatic heterocycles. The average Bonchev–Trinajstić information content (AvgIpc) is 2.56. The van der Waals surface area contributed by atoms with Crippen molar-refractivity contribution in [3.05, 3.63) is 0 Å². The highest BCUT2D eigenvalue weighted by Gasteiger charge is 2.28. The quantitative estimate of drug-likeness (QED) is 0.232. The molecule has 0 fully saturated rings. The maximum Gasteiger partial charge on any atom is 0.325 e. The lowest BCUT2D eigenvalue weighted by Gasteiger charge is -2.23. The molecule has 0 aliphatic carbocycles. The Labute approximate surface area is 157 Å². The van der Waals surface area contributed by atoms with Crippen LogP contribution in [0, 0.1) is 5.92 Å². The SMILES string of the molecule is CC(NC(=O)C(CCC(N)=O)NC(=O)C(C)NC(=O)C(N)C(C)C)C(=O)O. The Kier molecular flexibility index (Phi) is 10.0. The Hall–Kier alpha value is -2.69. The van der Waals surface area contributed by atoms with Gasteiger partial charge in [-0.2, -0.15) is 0 Å². The topological polar surface area (TPSA) is 194 Å². The molecule has 4 atom stereocenters. The molecular formula is C16H29N5O6. The third-order valence-corrected chi connectivity index (χ3v) is 3.81. The van der Waals surface area contributed by atoms with Crippen LogP contribution in [0.2, 0.25) is 0 Å². The van der Waals surface area contributed by atoms with Gasteiger partial charge >= 0.3 is 5.97 Å². The van der Waals surface area contributed by atoms with Crippen LogP contribution in [0.3, 0.4) is 0 Å². The first-order valence-corrected chi connectivity index (χ1v) is 8.54. The molecule has 4 unspecified atom stereocenters.